The summed E-state index contributed by atoms with van der Waals surface area (Å²) in [5, 5.41) is 2.96. The molecule has 4 nitrogen and oxygen atoms in total. The van der Waals surface area contributed by atoms with Crippen LogP contribution in [0.2, 0.25) is 0 Å². The fraction of sp³-hybridized carbons (Fsp3) is 1.00. The van der Waals surface area contributed by atoms with E-state index in [-0.39, 0.29) is 0 Å². The topological polar surface area (TPSA) is 39.7 Å². The molecule has 0 unspecified atom stereocenters. The first-order valence-electron chi connectivity index (χ1n) is 3.43. The highest BCUT2D eigenvalue weighted by atomic mass is 16.8. The molecule has 0 aliphatic carbocycles. The lowest BCUT2D eigenvalue weighted by Crippen LogP contribution is -2.24. The van der Waals surface area contributed by atoms with E-state index in [0.29, 0.717) is 19.8 Å². The van der Waals surface area contributed by atoms with Crippen LogP contribution >= 0.6 is 0 Å². The molecule has 0 aromatic heterocycles. The Hall–Kier alpha value is -0.0951. The van der Waals surface area contributed by atoms with Crippen LogP contribution in [0.3, 0.4) is 0 Å². The molecule has 0 radical (unpaired) electrons. The summed E-state index contributed by atoms with van der Waals surface area (Å²) in [6.07, 6.45) is 0. The van der Waals surface area contributed by atoms with E-state index in [1.807, 2.05) is 7.05 Å². The monoisotopic (exact) mass is 145 g/mol. The summed E-state index contributed by atoms with van der Waals surface area (Å²) in [7, 11) is 1.45. The van der Waals surface area contributed by atoms with E-state index in [1.54, 1.807) is 0 Å². The van der Waals surface area contributed by atoms with E-state index in [4.69, 9.17) is 14.0 Å². The number of likely N-dealkylation sites (N-methyl/N-ethyl adjacent to an activating group) is 1. The molecular weight excluding hydrogens is 133 g/mol. The largest absolute Gasteiger partial charge is 0.639 e. The minimum atomic E-state index is -0.423. The van der Waals surface area contributed by atoms with E-state index < -0.39 is 7.32 Å². The van der Waals surface area contributed by atoms with Gasteiger partial charge in [0.2, 0.25) is 0 Å². The van der Waals surface area contributed by atoms with E-state index >= 15 is 0 Å². The third kappa shape index (κ3) is 2.66. The molecule has 0 amide bonds. The molecular formula is C5H12BNO3. The van der Waals surface area contributed by atoms with Gasteiger partial charge in [-0.15, -0.1) is 0 Å². The Morgan fingerprint density at radius 3 is 2.80 bits per heavy atom. The van der Waals surface area contributed by atoms with Crippen molar-refractivity contribution in [2.24, 2.45) is 0 Å². The lowest BCUT2D eigenvalue weighted by molar-refractivity contribution is 0.180. The van der Waals surface area contributed by atoms with Crippen LogP contribution in [0.25, 0.3) is 0 Å². The zero-order chi connectivity index (χ0) is 7.23. The summed E-state index contributed by atoms with van der Waals surface area (Å²) >= 11 is 0. The Kier molecular flexibility index (Phi) is 3.75. The molecule has 1 aliphatic heterocycles. The Morgan fingerprint density at radius 1 is 1.50 bits per heavy atom. The number of hydrogen-bond acceptors (Lipinski definition) is 4. The van der Waals surface area contributed by atoms with Crippen LogP contribution < -0.4 is 5.32 Å². The molecule has 0 aromatic carbocycles. The highest BCUT2D eigenvalue weighted by molar-refractivity contribution is 6.36. The second kappa shape index (κ2) is 4.68. The highest BCUT2D eigenvalue weighted by Gasteiger charge is 2.25. The first-order chi connectivity index (χ1) is 4.93. The van der Waals surface area contributed by atoms with Crippen LogP contribution in [0.1, 0.15) is 0 Å². The third-order valence-corrected chi connectivity index (χ3v) is 1.20. The molecule has 1 N–H and O–H groups in total. The zero-order valence-corrected chi connectivity index (χ0v) is 6.13. The summed E-state index contributed by atoms with van der Waals surface area (Å²) in [6, 6.07) is 0. The fourth-order valence-electron chi connectivity index (χ4n) is 0.690. The van der Waals surface area contributed by atoms with Crippen LogP contribution in [0.4, 0.5) is 0 Å². The van der Waals surface area contributed by atoms with Gasteiger partial charge in [-0.25, -0.2) is 0 Å². The smallest absolute Gasteiger partial charge is 0.385 e. The van der Waals surface area contributed by atoms with Crippen molar-refractivity contribution in [3.05, 3.63) is 0 Å². The summed E-state index contributed by atoms with van der Waals surface area (Å²) in [6.45, 7) is 2.73. The molecule has 0 aromatic rings. The van der Waals surface area contributed by atoms with E-state index in [1.165, 1.54) is 0 Å². The van der Waals surface area contributed by atoms with Crippen molar-refractivity contribution in [3.8, 4) is 0 Å². The van der Waals surface area contributed by atoms with Gasteiger partial charge in [0.05, 0.1) is 13.2 Å². The van der Waals surface area contributed by atoms with E-state index in [2.05, 4.69) is 5.32 Å². The minimum absolute atomic E-state index is 0.423. The molecule has 1 fully saturated rings. The van der Waals surface area contributed by atoms with Crippen LogP contribution in [0.15, 0.2) is 0 Å². The SMILES string of the molecule is CNCCOB1OCCO1. The molecule has 0 spiro atoms. The Balaban J connectivity index is 1.91. The lowest BCUT2D eigenvalue weighted by Gasteiger charge is -2.03. The Bertz CT molecular complexity index is 87.0. The first-order valence-corrected chi connectivity index (χ1v) is 3.43. The minimum Gasteiger partial charge on any atom is -0.385 e. The quantitative estimate of drug-likeness (QED) is 0.417. The molecule has 1 saturated heterocycles. The Labute approximate surface area is 61.0 Å². The molecule has 10 heavy (non-hydrogen) atoms. The van der Waals surface area contributed by atoms with Crippen LogP contribution in [-0.2, 0) is 14.0 Å². The predicted molar refractivity (Wildman–Crippen MR) is 37.5 cm³/mol. The van der Waals surface area contributed by atoms with Gasteiger partial charge in [0.15, 0.2) is 0 Å². The lowest BCUT2D eigenvalue weighted by atomic mass is 10.2. The molecule has 0 bridgehead atoms. The Morgan fingerprint density at radius 2 is 2.20 bits per heavy atom. The van der Waals surface area contributed by atoms with Gasteiger partial charge in [-0.3, -0.25) is 0 Å². The van der Waals surface area contributed by atoms with Crippen LogP contribution in [0.5, 0.6) is 0 Å². The molecule has 5 heteroatoms. The van der Waals surface area contributed by atoms with Gasteiger partial charge in [0, 0.05) is 13.2 Å². The van der Waals surface area contributed by atoms with Gasteiger partial charge in [-0.1, -0.05) is 0 Å². The molecule has 1 aliphatic rings. The van der Waals surface area contributed by atoms with Gasteiger partial charge >= 0.3 is 7.32 Å². The second-order valence-electron chi connectivity index (χ2n) is 2.00. The van der Waals surface area contributed by atoms with Crippen molar-refractivity contribution in [2.75, 3.05) is 33.4 Å². The standard InChI is InChI=1S/C5H12BNO3/c1-7-2-3-8-6-9-4-5-10-6/h7H,2-5H2,1H3. The predicted octanol–water partition coefficient (Wildman–Crippen LogP) is -0.746. The van der Waals surface area contributed by atoms with Gasteiger partial charge in [-0.05, 0) is 7.05 Å². The summed E-state index contributed by atoms with van der Waals surface area (Å²) in [4.78, 5) is 0. The summed E-state index contributed by atoms with van der Waals surface area (Å²) < 4.78 is 15.2. The van der Waals surface area contributed by atoms with Gasteiger partial charge in [-0.2, -0.15) is 0 Å². The summed E-state index contributed by atoms with van der Waals surface area (Å²) in [5.41, 5.74) is 0. The maximum absolute atomic E-state index is 5.14. The summed E-state index contributed by atoms with van der Waals surface area (Å²) in [5.74, 6) is 0. The average molecular weight is 145 g/mol. The van der Waals surface area contributed by atoms with Gasteiger partial charge < -0.3 is 19.3 Å². The molecule has 0 atom stereocenters. The van der Waals surface area contributed by atoms with Crippen molar-refractivity contribution in [2.45, 2.75) is 0 Å². The molecule has 1 rings (SSSR count). The van der Waals surface area contributed by atoms with Crippen LogP contribution in [-0.4, -0.2) is 40.7 Å². The van der Waals surface area contributed by atoms with Gasteiger partial charge in [0.1, 0.15) is 0 Å². The van der Waals surface area contributed by atoms with Crippen molar-refractivity contribution >= 4 is 7.32 Å². The number of rotatable bonds is 4. The number of hydrogen-bond donors (Lipinski definition) is 1. The molecule has 1 heterocycles. The second-order valence-corrected chi connectivity index (χ2v) is 2.00. The van der Waals surface area contributed by atoms with Gasteiger partial charge in [0.25, 0.3) is 0 Å². The van der Waals surface area contributed by atoms with Crippen molar-refractivity contribution in [1.82, 2.24) is 5.32 Å². The molecule has 0 saturated carbocycles. The maximum atomic E-state index is 5.14. The zero-order valence-electron chi connectivity index (χ0n) is 6.13. The van der Waals surface area contributed by atoms with Crippen molar-refractivity contribution < 1.29 is 14.0 Å². The highest BCUT2D eigenvalue weighted by Crippen LogP contribution is 1.99. The third-order valence-electron chi connectivity index (χ3n) is 1.20. The average Bonchev–Trinajstić information content (AvgIpc) is 2.41. The maximum Gasteiger partial charge on any atom is 0.639 e. The van der Waals surface area contributed by atoms with Crippen LogP contribution in [0, 0.1) is 0 Å². The van der Waals surface area contributed by atoms with E-state index in [9.17, 15) is 0 Å². The fourth-order valence-corrected chi connectivity index (χ4v) is 0.690. The first kappa shape index (κ1) is 8.01. The molecule has 58 valence electrons. The normalized spacial score (nSPS) is 18.3. The van der Waals surface area contributed by atoms with Crippen molar-refractivity contribution in [3.63, 3.8) is 0 Å². The van der Waals surface area contributed by atoms with E-state index in [0.717, 1.165) is 6.54 Å². The van der Waals surface area contributed by atoms with Crippen molar-refractivity contribution in [1.29, 1.82) is 0 Å². The number of nitrogens with one attached hydrogen (secondary N) is 1.